The SMILES string of the molecule is Cc1ccc(-n2c(Cc3ccccc3)nnc2SCC(=O)OC2CCCCC2)cc1. The molecule has 0 spiro atoms. The lowest BCUT2D eigenvalue weighted by Crippen LogP contribution is -2.22. The molecule has 4 rings (SSSR count). The van der Waals surface area contributed by atoms with Crippen molar-refractivity contribution in [3.63, 3.8) is 0 Å². The van der Waals surface area contributed by atoms with Crippen LogP contribution in [0.2, 0.25) is 0 Å². The van der Waals surface area contributed by atoms with E-state index in [0.29, 0.717) is 11.6 Å². The third kappa shape index (κ3) is 5.30. The molecule has 0 unspecified atom stereocenters. The molecule has 0 aliphatic heterocycles. The molecule has 3 aromatic rings. The fourth-order valence-electron chi connectivity index (χ4n) is 3.77. The van der Waals surface area contributed by atoms with Gasteiger partial charge in [-0.25, -0.2) is 0 Å². The van der Waals surface area contributed by atoms with Crippen molar-refractivity contribution in [1.82, 2.24) is 14.8 Å². The number of carbonyl (C=O) groups is 1. The van der Waals surface area contributed by atoms with E-state index in [0.717, 1.165) is 37.2 Å². The number of aryl methyl sites for hydroxylation is 1. The fourth-order valence-corrected chi connectivity index (χ4v) is 4.52. The van der Waals surface area contributed by atoms with E-state index in [9.17, 15) is 4.79 Å². The summed E-state index contributed by atoms with van der Waals surface area (Å²) in [7, 11) is 0. The Morgan fingerprint density at radius 1 is 1.03 bits per heavy atom. The molecule has 1 aromatic heterocycles. The second kappa shape index (κ2) is 9.94. The van der Waals surface area contributed by atoms with Crippen LogP contribution in [0.5, 0.6) is 0 Å². The van der Waals surface area contributed by atoms with Crippen LogP contribution in [-0.4, -0.2) is 32.6 Å². The second-order valence-corrected chi connectivity index (χ2v) is 8.71. The van der Waals surface area contributed by atoms with Crippen LogP contribution in [-0.2, 0) is 16.0 Å². The largest absolute Gasteiger partial charge is 0.462 e. The van der Waals surface area contributed by atoms with E-state index >= 15 is 0 Å². The monoisotopic (exact) mass is 421 g/mol. The van der Waals surface area contributed by atoms with E-state index in [4.69, 9.17) is 4.74 Å². The highest BCUT2D eigenvalue weighted by Gasteiger charge is 2.20. The zero-order valence-electron chi connectivity index (χ0n) is 17.3. The first-order valence-electron chi connectivity index (χ1n) is 10.6. The number of hydrogen-bond donors (Lipinski definition) is 0. The molecule has 1 aliphatic carbocycles. The van der Waals surface area contributed by atoms with Crippen molar-refractivity contribution in [2.75, 3.05) is 5.75 Å². The van der Waals surface area contributed by atoms with E-state index in [1.54, 1.807) is 0 Å². The number of carbonyl (C=O) groups excluding carboxylic acids is 1. The van der Waals surface area contributed by atoms with Gasteiger partial charge in [0.1, 0.15) is 11.9 Å². The molecule has 0 saturated heterocycles. The second-order valence-electron chi connectivity index (χ2n) is 7.77. The molecule has 156 valence electrons. The lowest BCUT2D eigenvalue weighted by molar-refractivity contribution is -0.147. The number of nitrogens with zero attached hydrogens (tertiary/aromatic N) is 3. The number of thioether (sulfide) groups is 1. The molecule has 0 radical (unpaired) electrons. The number of hydrogen-bond acceptors (Lipinski definition) is 5. The molecule has 2 aromatic carbocycles. The highest BCUT2D eigenvalue weighted by atomic mass is 32.2. The van der Waals surface area contributed by atoms with Crippen molar-refractivity contribution >= 4 is 17.7 Å². The Morgan fingerprint density at radius 2 is 1.77 bits per heavy atom. The third-order valence-electron chi connectivity index (χ3n) is 5.37. The van der Waals surface area contributed by atoms with Gasteiger partial charge in [0.2, 0.25) is 0 Å². The molecule has 0 N–H and O–H groups in total. The summed E-state index contributed by atoms with van der Waals surface area (Å²) in [6.45, 7) is 2.07. The highest BCUT2D eigenvalue weighted by molar-refractivity contribution is 7.99. The van der Waals surface area contributed by atoms with Crippen molar-refractivity contribution < 1.29 is 9.53 Å². The Balaban J connectivity index is 1.51. The summed E-state index contributed by atoms with van der Waals surface area (Å²) in [6, 6.07) is 18.5. The van der Waals surface area contributed by atoms with Crippen LogP contribution >= 0.6 is 11.8 Å². The first kappa shape index (κ1) is 20.7. The third-order valence-corrected chi connectivity index (χ3v) is 6.27. The van der Waals surface area contributed by atoms with Gasteiger partial charge < -0.3 is 4.74 Å². The summed E-state index contributed by atoms with van der Waals surface area (Å²) in [6.07, 6.45) is 6.26. The van der Waals surface area contributed by atoms with E-state index in [-0.39, 0.29) is 17.8 Å². The smallest absolute Gasteiger partial charge is 0.316 e. The Hall–Kier alpha value is -2.60. The lowest BCUT2D eigenvalue weighted by Gasteiger charge is -2.21. The maximum absolute atomic E-state index is 12.4. The quantitative estimate of drug-likeness (QED) is 0.391. The van der Waals surface area contributed by atoms with Gasteiger partial charge in [-0.1, -0.05) is 66.2 Å². The van der Waals surface area contributed by atoms with Crippen molar-refractivity contribution in [3.05, 3.63) is 71.5 Å². The van der Waals surface area contributed by atoms with E-state index in [1.807, 2.05) is 22.8 Å². The van der Waals surface area contributed by atoms with Crippen LogP contribution in [0.15, 0.2) is 59.8 Å². The van der Waals surface area contributed by atoms with Crippen molar-refractivity contribution in [2.45, 2.75) is 56.7 Å². The van der Waals surface area contributed by atoms with Crippen molar-refractivity contribution in [3.8, 4) is 5.69 Å². The zero-order chi connectivity index (χ0) is 20.8. The molecule has 5 nitrogen and oxygen atoms in total. The van der Waals surface area contributed by atoms with E-state index in [2.05, 4.69) is 53.5 Å². The molecule has 0 bridgehead atoms. The van der Waals surface area contributed by atoms with Crippen LogP contribution in [0, 0.1) is 6.92 Å². The maximum Gasteiger partial charge on any atom is 0.316 e. The standard InChI is InChI=1S/C24H27N3O2S/c1-18-12-14-20(15-13-18)27-22(16-19-8-4-2-5-9-19)25-26-24(27)30-17-23(28)29-21-10-6-3-7-11-21/h2,4-5,8-9,12-15,21H,3,6-7,10-11,16-17H2,1H3. The average Bonchev–Trinajstić information content (AvgIpc) is 3.16. The van der Waals surface area contributed by atoms with Gasteiger partial charge in [0, 0.05) is 12.1 Å². The first-order chi connectivity index (χ1) is 14.7. The maximum atomic E-state index is 12.4. The van der Waals surface area contributed by atoms with Gasteiger partial charge in [-0.15, -0.1) is 10.2 Å². The zero-order valence-corrected chi connectivity index (χ0v) is 18.1. The van der Waals surface area contributed by atoms with Crippen LogP contribution in [0.1, 0.15) is 49.1 Å². The molecule has 30 heavy (non-hydrogen) atoms. The average molecular weight is 422 g/mol. The van der Waals surface area contributed by atoms with Gasteiger partial charge >= 0.3 is 5.97 Å². The summed E-state index contributed by atoms with van der Waals surface area (Å²) >= 11 is 1.39. The van der Waals surface area contributed by atoms with Crippen LogP contribution in [0.3, 0.4) is 0 Å². The Kier molecular flexibility index (Phi) is 6.84. The van der Waals surface area contributed by atoms with Gasteiger partial charge in [-0.2, -0.15) is 0 Å². The highest BCUT2D eigenvalue weighted by Crippen LogP contribution is 2.25. The Labute approximate surface area is 181 Å². The molecule has 1 fully saturated rings. The molecule has 0 atom stereocenters. The number of benzene rings is 2. The normalized spacial score (nSPS) is 14.6. The van der Waals surface area contributed by atoms with Crippen molar-refractivity contribution in [1.29, 1.82) is 0 Å². The number of aromatic nitrogens is 3. The molecule has 6 heteroatoms. The minimum absolute atomic E-state index is 0.0791. The molecular formula is C24H27N3O2S. The summed E-state index contributed by atoms with van der Waals surface area (Å²) in [5.74, 6) is 0.925. The molecule has 1 heterocycles. The summed E-state index contributed by atoms with van der Waals surface area (Å²) in [5, 5.41) is 9.56. The lowest BCUT2D eigenvalue weighted by atomic mass is 9.98. The Morgan fingerprint density at radius 3 is 2.50 bits per heavy atom. The van der Waals surface area contributed by atoms with Crippen molar-refractivity contribution in [2.24, 2.45) is 0 Å². The van der Waals surface area contributed by atoms with Gasteiger partial charge in [0.05, 0.1) is 5.75 Å². The van der Waals surface area contributed by atoms with Crippen LogP contribution in [0.25, 0.3) is 5.69 Å². The topological polar surface area (TPSA) is 57.0 Å². The van der Waals surface area contributed by atoms with E-state index in [1.165, 1.54) is 29.3 Å². The fraction of sp³-hybridized carbons (Fsp3) is 0.375. The predicted octanol–water partition coefficient (Wildman–Crippen LogP) is 5.13. The predicted molar refractivity (Wildman–Crippen MR) is 119 cm³/mol. The minimum atomic E-state index is -0.171. The van der Waals surface area contributed by atoms with Gasteiger partial charge in [-0.3, -0.25) is 9.36 Å². The van der Waals surface area contributed by atoms with E-state index < -0.39 is 0 Å². The molecule has 1 aliphatic rings. The van der Waals surface area contributed by atoms with Gasteiger partial charge in [-0.05, 0) is 50.3 Å². The Bertz CT molecular complexity index is 964. The molecule has 1 saturated carbocycles. The molecular weight excluding hydrogens is 394 g/mol. The van der Waals surface area contributed by atoms with Gasteiger partial charge in [0.25, 0.3) is 0 Å². The number of rotatable bonds is 7. The van der Waals surface area contributed by atoms with Gasteiger partial charge in [0.15, 0.2) is 5.16 Å². The molecule has 0 amide bonds. The first-order valence-corrected chi connectivity index (χ1v) is 11.5. The number of ether oxygens (including phenoxy) is 1. The van der Waals surface area contributed by atoms with Crippen LogP contribution in [0.4, 0.5) is 0 Å². The summed E-state index contributed by atoms with van der Waals surface area (Å²) < 4.78 is 7.71. The minimum Gasteiger partial charge on any atom is -0.462 e. The summed E-state index contributed by atoms with van der Waals surface area (Å²) in [4.78, 5) is 12.4. The summed E-state index contributed by atoms with van der Waals surface area (Å²) in [5.41, 5.74) is 3.37. The number of esters is 1. The van der Waals surface area contributed by atoms with Crippen LogP contribution < -0.4 is 0 Å².